The quantitative estimate of drug-likeness (QED) is 0.433. The smallest absolute Gasteiger partial charge is 0.264 e. The molecule has 0 unspecified atom stereocenters. The molecule has 2 aromatic carbocycles. The van der Waals surface area contributed by atoms with Crippen LogP contribution in [-0.2, 0) is 21.2 Å². The molecule has 1 amide bonds. The van der Waals surface area contributed by atoms with Crippen molar-refractivity contribution in [3.63, 3.8) is 0 Å². The second kappa shape index (κ2) is 10.6. The standard InChI is InChI=1S/C23H24N6O3S/c1-3-21(30)29-33(31,32)20-12-10-19(11-13-20)27-23-25-15-16(2)22(28-23)26-18-8-6-17(7-9-18)5-4-14-24/h6-13,15H,3-5H2,1-2H3,(H,29,30)(H2,25,26,27,28). The number of carbonyl (C=O) groups excluding carboxylic acids is 1. The van der Waals surface area contributed by atoms with Crippen LogP contribution in [0, 0.1) is 18.3 Å². The SMILES string of the molecule is CCC(=O)NS(=O)(=O)c1ccc(Nc2ncc(C)c(Nc3ccc(CCC#N)cc3)n2)cc1. The van der Waals surface area contributed by atoms with E-state index >= 15 is 0 Å². The lowest BCUT2D eigenvalue weighted by Gasteiger charge is -2.12. The highest BCUT2D eigenvalue weighted by molar-refractivity contribution is 7.90. The molecule has 3 N–H and O–H groups in total. The molecule has 1 aromatic heterocycles. The van der Waals surface area contributed by atoms with Gasteiger partial charge in [-0.25, -0.2) is 18.1 Å². The van der Waals surface area contributed by atoms with Crippen LogP contribution in [0.3, 0.4) is 0 Å². The number of aryl methyl sites for hydroxylation is 2. The third-order valence-corrected chi connectivity index (χ3v) is 6.09. The lowest BCUT2D eigenvalue weighted by atomic mass is 10.1. The molecule has 0 aliphatic heterocycles. The van der Waals surface area contributed by atoms with Crippen molar-refractivity contribution in [2.45, 2.75) is 38.0 Å². The summed E-state index contributed by atoms with van der Waals surface area (Å²) in [5.74, 6) is 0.393. The van der Waals surface area contributed by atoms with E-state index in [9.17, 15) is 13.2 Å². The van der Waals surface area contributed by atoms with E-state index in [1.807, 2.05) is 35.9 Å². The Labute approximate surface area is 193 Å². The molecular weight excluding hydrogens is 440 g/mol. The predicted octanol–water partition coefficient (Wildman–Crippen LogP) is 3.94. The van der Waals surface area contributed by atoms with Gasteiger partial charge in [0.25, 0.3) is 10.0 Å². The van der Waals surface area contributed by atoms with Gasteiger partial charge in [-0.1, -0.05) is 19.1 Å². The van der Waals surface area contributed by atoms with E-state index in [1.54, 1.807) is 25.3 Å². The molecule has 0 spiro atoms. The molecule has 0 aliphatic carbocycles. The number of nitrogens with one attached hydrogen (secondary N) is 3. The second-order valence-corrected chi connectivity index (χ2v) is 8.92. The van der Waals surface area contributed by atoms with Crippen molar-refractivity contribution in [1.29, 1.82) is 5.26 Å². The minimum atomic E-state index is -3.90. The number of nitriles is 1. The number of carbonyl (C=O) groups is 1. The van der Waals surface area contributed by atoms with Crippen molar-refractivity contribution in [2.75, 3.05) is 10.6 Å². The Morgan fingerprint density at radius 2 is 1.67 bits per heavy atom. The Bertz CT molecular complexity index is 1270. The highest BCUT2D eigenvalue weighted by Gasteiger charge is 2.16. The summed E-state index contributed by atoms with van der Waals surface area (Å²) in [6, 6.07) is 15.9. The van der Waals surface area contributed by atoms with E-state index in [2.05, 4.69) is 26.7 Å². The first-order valence-corrected chi connectivity index (χ1v) is 11.8. The largest absolute Gasteiger partial charge is 0.340 e. The van der Waals surface area contributed by atoms with Crippen LogP contribution in [0.4, 0.5) is 23.1 Å². The predicted molar refractivity (Wildman–Crippen MR) is 126 cm³/mol. The number of sulfonamides is 1. The molecule has 0 bridgehead atoms. The number of anilines is 4. The molecular formula is C23H24N6O3S. The minimum Gasteiger partial charge on any atom is -0.340 e. The van der Waals surface area contributed by atoms with Gasteiger partial charge in [0.1, 0.15) is 5.82 Å². The molecule has 170 valence electrons. The number of amides is 1. The molecule has 10 heteroatoms. The van der Waals surface area contributed by atoms with Crippen LogP contribution in [-0.4, -0.2) is 24.3 Å². The summed E-state index contributed by atoms with van der Waals surface area (Å²) in [5, 5.41) is 15.0. The Morgan fingerprint density at radius 3 is 2.30 bits per heavy atom. The maximum absolute atomic E-state index is 12.2. The van der Waals surface area contributed by atoms with Crippen LogP contribution in [0.25, 0.3) is 0 Å². The third-order valence-electron chi connectivity index (χ3n) is 4.70. The maximum atomic E-state index is 12.2. The zero-order valence-electron chi connectivity index (χ0n) is 18.3. The first-order valence-electron chi connectivity index (χ1n) is 10.3. The monoisotopic (exact) mass is 464 g/mol. The third kappa shape index (κ3) is 6.51. The molecule has 3 aromatic rings. The van der Waals surface area contributed by atoms with Crippen LogP contribution in [0.2, 0.25) is 0 Å². The summed E-state index contributed by atoms with van der Waals surface area (Å²) in [6.45, 7) is 3.46. The minimum absolute atomic E-state index is 0.0137. The summed E-state index contributed by atoms with van der Waals surface area (Å²) in [4.78, 5) is 20.2. The van der Waals surface area contributed by atoms with Gasteiger partial charge in [-0.3, -0.25) is 4.79 Å². The molecule has 0 fully saturated rings. The average Bonchev–Trinajstić information content (AvgIpc) is 2.81. The van der Waals surface area contributed by atoms with Crippen LogP contribution in [0.5, 0.6) is 0 Å². The topological polar surface area (TPSA) is 137 Å². The van der Waals surface area contributed by atoms with Gasteiger partial charge in [-0.15, -0.1) is 0 Å². The van der Waals surface area contributed by atoms with E-state index in [0.717, 1.165) is 16.8 Å². The summed E-state index contributed by atoms with van der Waals surface area (Å²) in [6.07, 6.45) is 2.94. The van der Waals surface area contributed by atoms with Gasteiger partial charge in [-0.2, -0.15) is 10.2 Å². The average molecular weight is 465 g/mol. The summed E-state index contributed by atoms with van der Waals surface area (Å²) >= 11 is 0. The van der Waals surface area contributed by atoms with Crippen LogP contribution < -0.4 is 15.4 Å². The van der Waals surface area contributed by atoms with Gasteiger partial charge in [0.05, 0.1) is 11.0 Å². The first kappa shape index (κ1) is 23.7. The highest BCUT2D eigenvalue weighted by atomic mass is 32.2. The number of nitrogens with zero attached hydrogens (tertiary/aromatic N) is 3. The number of hydrogen-bond donors (Lipinski definition) is 3. The van der Waals surface area contributed by atoms with Gasteiger partial charge < -0.3 is 10.6 Å². The van der Waals surface area contributed by atoms with Crippen molar-refractivity contribution >= 4 is 39.1 Å². The van der Waals surface area contributed by atoms with Crippen LogP contribution in [0.15, 0.2) is 59.6 Å². The van der Waals surface area contributed by atoms with Crippen LogP contribution >= 0.6 is 0 Å². The molecule has 0 saturated heterocycles. The van der Waals surface area contributed by atoms with Gasteiger partial charge in [0, 0.05) is 36.0 Å². The molecule has 0 aliphatic rings. The maximum Gasteiger partial charge on any atom is 0.264 e. The van der Waals surface area contributed by atoms with Crippen molar-refractivity contribution in [1.82, 2.24) is 14.7 Å². The Balaban J connectivity index is 1.71. The fourth-order valence-corrected chi connectivity index (χ4v) is 3.90. The van der Waals surface area contributed by atoms with Gasteiger partial charge in [0.2, 0.25) is 11.9 Å². The summed E-state index contributed by atoms with van der Waals surface area (Å²) < 4.78 is 26.4. The van der Waals surface area contributed by atoms with Gasteiger partial charge in [-0.05, 0) is 55.3 Å². The van der Waals surface area contributed by atoms with E-state index in [4.69, 9.17) is 5.26 Å². The van der Waals surface area contributed by atoms with E-state index in [0.29, 0.717) is 30.3 Å². The molecule has 0 atom stereocenters. The zero-order valence-corrected chi connectivity index (χ0v) is 19.1. The molecule has 33 heavy (non-hydrogen) atoms. The summed E-state index contributed by atoms with van der Waals surface area (Å²) in [5.41, 5.74) is 3.38. The Morgan fingerprint density at radius 1 is 1.03 bits per heavy atom. The highest BCUT2D eigenvalue weighted by Crippen LogP contribution is 2.22. The van der Waals surface area contributed by atoms with Gasteiger partial charge >= 0.3 is 0 Å². The number of aromatic nitrogens is 2. The normalized spacial score (nSPS) is 10.8. The molecule has 0 saturated carbocycles. The molecule has 3 rings (SSSR count). The fourth-order valence-electron chi connectivity index (χ4n) is 2.85. The Hall–Kier alpha value is -3.97. The second-order valence-electron chi connectivity index (χ2n) is 7.24. The number of hydrogen-bond acceptors (Lipinski definition) is 8. The van der Waals surface area contributed by atoms with Crippen molar-refractivity contribution < 1.29 is 13.2 Å². The fraction of sp³-hybridized carbons (Fsp3) is 0.217. The zero-order chi connectivity index (χ0) is 23.8. The lowest BCUT2D eigenvalue weighted by Crippen LogP contribution is -2.29. The van der Waals surface area contributed by atoms with Crippen molar-refractivity contribution in [3.05, 3.63) is 65.9 Å². The Kier molecular flexibility index (Phi) is 7.58. The number of rotatable bonds is 9. The van der Waals surface area contributed by atoms with Crippen molar-refractivity contribution in [2.24, 2.45) is 0 Å². The number of benzene rings is 2. The van der Waals surface area contributed by atoms with Crippen molar-refractivity contribution in [3.8, 4) is 6.07 Å². The first-order chi connectivity index (χ1) is 15.8. The van der Waals surface area contributed by atoms with Crippen LogP contribution in [0.1, 0.15) is 30.9 Å². The lowest BCUT2D eigenvalue weighted by molar-refractivity contribution is -0.119. The van der Waals surface area contributed by atoms with E-state index < -0.39 is 15.9 Å². The summed E-state index contributed by atoms with van der Waals surface area (Å²) in [7, 11) is -3.90. The molecule has 9 nitrogen and oxygen atoms in total. The van der Waals surface area contributed by atoms with E-state index in [1.165, 1.54) is 12.1 Å². The molecule has 1 heterocycles. The van der Waals surface area contributed by atoms with E-state index in [-0.39, 0.29) is 11.3 Å². The molecule has 0 radical (unpaired) electrons. The van der Waals surface area contributed by atoms with Gasteiger partial charge in [0.15, 0.2) is 0 Å².